The highest BCUT2D eigenvalue weighted by Crippen LogP contribution is 2.24. The van der Waals surface area contributed by atoms with Crippen LogP contribution in [0.4, 0.5) is 11.4 Å². The van der Waals surface area contributed by atoms with Crippen molar-refractivity contribution in [2.24, 2.45) is 0 Å². The van der Waals surface area contributed by atoms with Gasteiger partial charge in [0.15, 0.2) is 6.61 Å². The average molecular weight is 541 g/mol. The topological polar surface area (TPSA) is 119 Å². The van der Waals surface area contributed by atoms with Crippen LogP contribution in [-0.4, -0.2) is 46.1 Å². The average Bonchev–Trinajstić information content (AvgIpc) is 2.90. The zero-order valence-electron chi connectivity index (χ0n) is 19.9. The Labute approximate surface area is 219 Å². The van der Waals surface area contributed by atoms with Crippen LogP contribution < -0.4 is 24.8 Å². The van der Waals surface area contributed by atoms with Gasteiger partial charge in [0.1, 0.15) is 11.5 Å². The minimum Gasteiger partial charge on any atom is -0.497 e. The molecule has 0 bridgehead atoms. The molecule has 3 N–H and O–H groups in total. The predicted molar refractivity (Wildman–Crippen MR) is 144 cm³/mol. The summed E-state index contributed by atoms with van der Waals surface area (Å²) in [6.45, 7) is 0.678. The van der Waals surface area contributed by atoms with Crippen molar-refractivity contribution < 1.29 is 22.7 Å². The number of carbonyl (C=O) groups is 1. The summed E-state index contributed by atoms with van der Waals surface area (Å²) in [5, 5.41) is 7.60. The predicted octanol–water partition coefficient (Wildman–Crippen LogP) is 4.30. The van der Waals surface area contributed by atoms with Crippen molar-refractivity contribution in [3.8, 4) is 11.5 Å². The molecule has 11 heteroatoms. The van der Waals surface area contributed by atoms with Gasteiger partial charge < -0.3 is 20.1 Å². The molecule has 1 heterocycles. The van der Waals surface area contributed by atoms with Crippen molar-refractivity contribution in [2.45, 2.75) is 4.90 Å². The van der Waals surface area contributed by atoms with Crippen molar-refractivity contribution in [2.75, 3.05) is 36.8 Å². The van der Waals surface area contributed by atoms with Gasteiger partial charge in [-0.3, -0.25) is 14.5 Å². The van der Waals surface area contributed by atoms with E-state index in [4.69, 9.17) is 21.1 Å². The van der Waals surface area contributed by atoms with E-state index in [1.54, 1.807) is 42.6 Å². The van der Waals surface area contributed by atoms with Gasteiger partial charge in [-0.1, -0.05) is 17.7 Å². The van der Waals surface area contributed by atoms with Crippen LogP contribution in [0.3, 0.4) is 0 Å². The first kappa shape index (κ1) is 26.1. The lowest BCUT2D eigenvalue weighted by atomic mass is 10.2. The normalized spacial score (nSPS) is 11.1. The second-order valence-corrected chi connectivity index (χ2v) is 10.0. The van der Waals surface area contributed by atoms with Gasteiger partial charge in [-0.05, 0) is 60.7 Å². The van der Waals surface area contributed by atoms with Gasteiger partial charge in [0.25, 0.3) is 15.9 Å². The Morgan fingerprint density at radius 1 is 0.973 bits per heavy atom. The number of halogens is 1. The quantitative estimate of drug-likeness (QED) is 0.243. The van der Waals surface area contributed by atoms with Crippen LogP contribution in [0.5, 0.6) is 11.5 Å². The number of sulfonamides is 1. The molecule has 0 saturated heterocycles. The number of pyridine rings is 1. The van der Waals surface area contributed by atoms with Crippen molar-refractivity contribution in [3.05, 3.63) is 84.0 Å². The number of aromatic nitrogens is 1. The van der Waals surface area contributed by atoms with Crippen LogP contribution in [0, 0.1) is 0 Å². The maximum atomic E-state index is 12.6. The van der Waals surface area contributed by atoms with Crippen LogP contribution in [-0.2, 0) is 14.8 Å². The van der Waals surface area contributed by atoms with E-state index in [1.807, 2.05) is 12.1 Å². The van der Waals surface area contributed by atoms with Gasteiger partial charge in [0.2, 0.25) is 0 Å². The number of amides is 1. The number of anilines is 2. The van der Waals surface area contributed by atoms with E-state index in [0.717, 1.165) is 16.6 Å². The molecule has 0 spiro atoms. The Kier molecular flexibility index (Phi) is 8.32. The van der Waals surface area contributed by atoms with Crippen LogP contribution in [0.25, 0.3) is 10.9 Å². The molecule has 0 aliphatic carbocycles. The zero-order valence-corrected chi connectivity index (χ0v) is 21.5. The fourth-order valence-corrected chi connectivity index (χ4v) is 4.71. The first-order chi connectivity index (χ1) is 17.8. The van der Waals surface area contributed by atoms with Crippen molar-refractivity contribution in [1.82, 2.24) is 10.3 Å². The smallest absolute Gasteiger partial charge is 0.261 e. The van der Waals surface area contributed by atoms with Gasteiger partial charge >= 0.3 is 0 Å². The van der Waals surface area contributed by atoms with E-state index >= 15 is 0 Å². The van der Waals surface area contributed by atoms with E-state index < -0.39 is 10.0 Å². The van der Waals surface area contributed by atoms with Crippen LogP contribution in [0.1, 0.15) is 0 Å². The van der Waals surface area contributed by atoms with Gasteiger partial charge in [-0.15, -0.1) is 0 Å². The second kappa shape index (κ2) is 11.8. The van der Waals surface area contributed by atoms with Gasteiger partial charge in [-0.25, -0.2) is 8.42 Å². The van der Waals surface area contributed by atoms with Crippen molar-refractivity contribution >= 4 is 49.8 Å². The van der Waals surface area contributed by atoms with E-state index in [9.17, 15) is 13.2 Å². The van der Waals surface area contributed by atoms with Gasteiger partial charge in [-0.2, -0.15) is 0 Å². The van der Waals surface area contributed by atoms with E-state index in [2.05, 4.69) is 20.3 Å². The number of nitrogens with one attached hydrogen (secondary N) is 3. The first-order valence-corrected chi connectivity index (χ1v) is 13.1. The lowest BCUT2D eigenvalue weighted by Gasteiger charge is -2.12. The Morgan fingerprint density at radius 3 is 2.57 bits per heavy atom. The summed E-state index contributed by atoms with van der Waals surface area (Å²) in [5.74, 6) is 0.606. The molecule has 9 nitrogen and oxygen atoms in total. The minimum absolute atomic E-state index is 0.0594. The molecule has 37 heavy (non-hydrogen) atoms. The SMILES string of the molecule is COc1cccc(NS(=O)(=O)c2ccc(OCC(=O)NCCNc3ccnc4cc(Cl)ccc34)cc2)c1. The highest BCUT2D eigenvalue weighted by atomic mass is 35.5. The Bertz CT molecular complexity index is 1500. The molecule has 0 aliphatic heterocycles. The first-order valence-electron chi connectivity index (χ1n) is 11.3. The fourth-order valence-electron chi connectivity index (χ4n) is 3.49. The Hall–Kier alpha value is -4.02. The lowest BCUT2D eigenvalue weighted by molar-refractivity contribution is -0.123. The molecule has 0 atom stereocenters. The molecule has 0 aliphatic rings. The highest BCUT2D eigenvalue weighted by Gasteiger charge is 2.15. The number of methoxy groups -OCH3 is 1. The number of fused-ring (bicyclic) bond motifs is 1. The largest absolute Gasteiger partial charge is 0.497 e. The molecule has 0 unspecified atom stereocenters. The summed E-state index contributed by atoms with van der Waals surface area (Å²) >= 11 is 6.02. The standard InChI is InChI=1S/C26H25ClN4O5S/c1-35-21-4-2-3-19(16-21)31-37(33,34)22-8-6-20(7-9-22)36-17-26(32)30-14-13-29-24-11-12-28-25-15-18(27)5-10-23(24)25/h2-12,15-16,31H,13-14,17H2,1H3,(H,28,29)(H,30,32). The molecule has 0 saturated carbocycles. The van der Waals surface area contributed by atoms with Crippen LogP contribution in [0.2, 0.25) is 5.02 Å². The Morgan fingerprint density at radius 2 is 1.78 bits per heavy atom. The lowest BCUT2D eigenvalue weighted by Crippen LogP contribution is -2.32. The number of hydrogen-bond acceptors (Lipinski definition) is 7. The van der Waals surface area contributed by atoms with Crippen molar-refractivity contribution in [1.29, 1.82) is 0 Å². The molecular formula is C26H25ClN4O5S. The summed E-state index contributed by atoms with van der Waals surface area (Å²) in [5.41, 5.74) is 2.06. The summed E-state index contributed by atoms with van der Waals surface area (Å²) in [4.78, 5) is 16.5. The number of rotatable bonds is 11. The van der Waals surface area contributed by atoms with E-state index in [1.165, 1.54) is 31.4 Å². The maximum Gasteiger partial charge on any atom is 0.261 e. The summed E-state index contributed by atoms with van der Waals surface area (Å²) < 4.78 is 38.4. The third-order valence-corrected chi connectivity index (χ3v) is 6.93. The molecule has 4 aromatic rings. The number of carbonyl (C=O) groups excluding carboxylic acids is 1. The third-order valence-electron chi connectivity index (χ3n) is 5.29. The minimum atomic E-state index is -3.80. The number of hydrogen-bond donors (Lipinski definition) is 3. The summed E-state index contributed by atoms with van der Waals surface area (Å²) in [6.07, 6.45) is 1.69. The van der Waals surface area contributed by atoms with Gasteiger partial charge in [0, 0.05) is 41.4 Å². The molecule has 192 valence electrons. The monoisotopic (exact) mass is 540 g/mol. The van der Waals surface area contributed by atoms with E-state index in [-0.39, 0.29) is 17.4 Å². The van der Waals surface area contributed by atoms with Gasteiger partial charge in [0.05, 0.1) is 23.2 Å². The second-order valence-electron chi connectivity index (χ2n) is 7.89. The third kappa shape index (κ3) is 7.02. The highest BCUT2D eigenvalue weighted by molar-refractivity contribution is 7.92. The summed E-state index contributed by atoms with van der Waals surface area (Å²) in [7, 11) is -2.29. The number of ether oxygens (including phenoxy) is 2. The molecular weight excluding hydrogens is 516 g/mol. The number of benzene rings is 3. The molecule has 4 rings (SSSR count). The molecule has 1 amide bonds. The Balaban J connectivity index is 1.23. The molecule has 1 aromatic heterocycles. The summed E-state index contributed by atoms with van der Waals surface area (Å²) in [6, 6.07) is 19.8. The number of nitrogens with zero attached hydrogens (tertiary/aromatic N) is 1. The van der Waals surface area contributed by atoms with Crippen LogP contribution in [0.15, 0.2) is 83.9 Å². The fraction of sp³-hybridized carbons (Fsp3) is 0.154. The molecule has 0 fully saturated rings. The van der Waals surface area contributed by atoms with E-state index in [0.29, 0.717) is 35.3 Å². The zero-order chi connectivity index (χ0) is 26.3. The van der Waals surface area contributed by atoms with Crippen molar-refractivity contribution in [3.63, 3.8) is 0 Å². The molecule has 0 radical (unpaired) electrons. The molecule has 3 aromatic carbocycles. The maximum absolute atomic E-state index is 12.6. The van der Waals surface area contributed by atoms with Crippen LogP contribution >= 0.6 is 11.6 Å².